The van der Waals surface area contributed by atoms with E-state index in [1.165, 1.54) is 0 Å². The van der Waals surface area contributed by atoms with Gasteiger partial charge >= 0.3 is 0 Å². The third kappa shape index (κ3) is 3.71. The van der Waals surface area contributed by atoms with E-state index in [0.717, 1.165) is 5.69 Å². The van der Waals surface area contributed by atoms with Crippen LogP contribution < -0.4 is 15.0 Å². The molecule has 9 heteroatoms. The number of amides is 2. The number of aryl methyl sites for hydroxylation is 1. The molecule has 9 nitrogen and oxygen atoms in total. The molecule has 3 heterocycles. The number of benzene rings is 1. The monoisotopic (exact) mass is 395 g/mol. The molecule has 0 saturated carbocycles. The number of hydrogen-bond acceptors (Lipinski definition) is 6. The van der Waals surface area contributed by atoms with Crippen LogP contribution in [0.1, 0.15) is 12.3 Å². The summed E-state index contributed by atoms with van der Waals surface area (Å²) in [5, 5.41) is 6.73. The highest BCUT2D eigenvalue weighted by atomic mass is 16.5. The average molecular weight is 395 g/mol. The van der Waals surface area contributed by atoms with Gasteiger partial charge < -0.3 is 24.0 Å². The van der Waals surface area contributed by atoms with E-state index in [2.05, 4.69) is 15.5 Å². The number of hydrogen-bond donors (Lipinski definition) is 1. The predicted molar refractivity (Wildman–Crippen MR) is 104 cm³/mol. The molecule has 0 radical (unpaired) electrons. The second kappa shape index (κ2) is 7.78. The summed E-state index contributed by atoms with van der Waals surface area (Å²) in [7, 11) is 3.44. The lowest BCUT2D eigenvalue weighted by Crippen LogP contribution is -2.32. The van der Waals surface area contributed by atoms with Crippen LogP contribution in [0.2, 0.25) is 0 Å². The Balaban J connectivity index is 1.38. The van der Waals surface area contributed by atoms with Crippen LogP contribution in [0.4, 0.5) is 5.69 Å². The van der Waals surface area contributed by atoms with Gasteiger partial charge in [-0.2, -0.15) is 4.98 Å². The molecule has 1 unspecified atom stereocenters. The second-order valence-corrected chi connectivity index (χ2v) is 6.81. The van der Waals surface area contributed by atoms with Gasteiger partial charge in [-0.05, 0) is 24.3 Å². The lowest BCUT2D eigenvalue weighted by atomic mass is 10.1. The van der Waals surface area contributed by atoms with Crippen molar-refractivity contribution < 1.29 is 18.8 Å². The van der Waals surface area contributed by atoms with Crippen molar-refractivity contribution >= 4 is 17.5 Å². The molecule has 0 bridgehead atoms. The maximum absolute atomic E-state index is 12.6. The first kappa shape index (κ1) is 18.7. The molecular weight excluding hydrogens is 374 g/mol. The zero-order valence-corrected chi connectivity index (χ0v) is 16.2. The zero-order valence-electron chi connectivity index (χ0n) is 16.2. The van der Waals surface area contributed by atoms with Crippen molar-refractivity contribution in [3.63, 3.8) is 0 Å². The normalized spacial score (nSPS) is 16.3. The number of rotatable bonds is 6. The smallest absolute Gasteiger partial charge is 0.246 e. The van der Waals surface area contributed by atoms with Crippen molar-refractivity contribution in [2.24, 2.45) is 13.0 Å². The van der Waals surface area contributed by atoms with E-state index in [0.29, 0.717) is 29.7 Å². The number of anilines is 1. The van der Waals surface area contributed by atoms with Gasteiger partial charge in [-0.15, -0.1) is 0 Å². The van der Waals surface area contributed by atoms with Crippen molar-refractivity contribution in [1.82, 2.24) is 20.0 Å². The number of carbonyl (C=O) groups is 2. The number of nitrogens with one attached hydrogen (secondary N) is 1. The standard InChI is InChI=1S/C20H21N5O4/c1-24-9-5-7-15(24)19-22-17(29-23-19)11-21-20(27)13-10-18(26)25(12-13)14-6-3-4-8-16(14)28-2/h3-9,13H,10-12H2,1-2H3,(H,21,27). The molecule has 1 N–H and O–H groups in total. The Morgan fingerprint density at radius 2 is 2.14 bits per heavy atom. The topological polar surface area (TPSA) is 102 Å². The van der Waals surface area contributed by atoms with Crippen molar-refractivity contribution in [1.29, 1.82) is 0 Å². The van der Waals surface area contributed by atoms with Gasteiger partial charge in [0.25, 0.3) is 0 Å². The van der Waals surface area contributed by atoms with Crippen LogP contribution in [-0.2, 0) is 23.2 Å². The van der Waals surface area contributed by atoms with Crippen LogP contribution in [0.3, 0.4) is 0 Å². The van der Waals surface area contributed by atoms with Crippen LogP contribution >= 0.6 is 0 Å². The minimum absolute atomic E-state index is 0.107. The Labute approximate surface area is 167 Å². The van der Waals surface area contributed by atoms with Gasteiger partial charge in [0.15, 0.2) is 0 Å². The summed E-state index contributed by atoms with van der Waals surface area (Å²) >= 11 is 0. The van der Waals surface area contributed by atoms with Crippen molar-refractivity contribution in [2.75, 3.05) is 18.6 Å². The van der Waals surface area contributed by atoms with Gasteiger partial charge in [-0.3, -0.25) is 9.59 Å². The first-order valence-corrected chi connectivity index (χ1v) is 9.22. The first-order valence-electron chi connectivity index (χ1n) is 9.22. The summed E-state index contributed by atoms with van der Waals surface area (Å²) in [6.45, 7) is 0.402. The van der Waals surface area contributed by atoms with Gasteiger partial charge in [0.2, 0.25) is 23.5 Å². The zero-order chi connectivity index (χ0) is 20.4. The highest BCUT2D eigenvalue weighted by Crippen LogP contribution is 2.32. The molecule has 3 aromatic rings. The molecule has 1 aliphatic rings. The fraction of sp³-hybridized carbons (Fsp3) is 0.300. The summed E-state index contributed by atoms with van der Waals surface area (Å²) in [5.41, 5.74) is 1.49. The average Bonchev–Trinajstić information content (AvgIpc) is 3.45. The molecule has 4 rings (SSSR count). The summed E-state index contributed by atoms with van der Waals surface area (Å²) in [4.78, 5) is 30.9. The summed E-state index contributed by atoms with van der Waals surface area (Å²) in [5.74, 6) is 0.567. The van der Waals surface area contributed by atoms with E-state index in [1.807, 2.05) is 42.1 Å². The van der Waals surface area contributed by atoms with Crippen molar-refractivity contribution in [2.45, 2.75) is 13.0 Å². The van der Waals surface area contributed by atoms with Gasteiger partial charge in [0.1, 0.15) is 5.75 Å². The van der Waals surface area contributed by atoms with Crippen LogP contribution in [0.15, 0.2) is 47.1 Å². The van der Waals surface area contributed by atoms with Crippen molar-refractivity contribution in [3.05, 3.63) is 48.5 Å². The Bertz CT molecular complexity index is 1040. The van der Waals surface area contributed by atoms with E-state index in [-0.39, 0.29) is 24.8 Å². The minimum atomic E-state index is -0.456. The first-order chi connectivity index (χ1) is 14.1. The third-order valence-electron chi connectivity index (χ3n) is 4.93. The largest absolute Gasteiger partial charge is 0.495 e. The minimum Gasteiger partial charge on any atom is -0.495 e. The third-order valence-corrected chi connectivity index (χ3v) is 4.93. The summed E-state index contributed by atoms with van der Waals surface area (Å²) < 4.78 is 12.4. The Kier molecular flexibility index (Phi) is 5.03. The molecule has 1 atom stereocenters. The molecule has 29 heavy (non-hydrogen) atoms. The van der Waals surface area contributed by atoms with Gasteiger partial charge in [0, 0.05) is 26.2 Å². The van der Waals surface area contributed by atoms with E-state index >= 15 is 0 Å². The number of carbonyl (C=O) groups excluding carboxylic acids is 2. The molecule has 1 fully saturated rings. The number of methoxy groups -OCH3 is 1. The molecule has 1 saturated heterocycles. The Morgan fingerprint density at radius 3 is 2.90 bits per heavy atom. The number of ether oxygens (including phenoxy) is 1. The van der Waals surface area contributed by atoms with Gasteiger partial charge in [-0.1, -0.05) is 17.3 Å². The number of nitrogens with zero attached hydrogens (tertiary/aromatic N) is 4. The fourth-order valence-electron chi connectivity index (χ4n) is 3.40. The number of aromatic nitrogens is 3. The summed E-state index contributed by atoms with van der Waals surface area (Å²) in [6, 6.07) is 11.0. The van der Waals surface area contributed by atoms with E-state index in [9.17, 15) is 9.59 Å². The molecule has 2 aromatic heterocycles. The molecule has 1 aromatic carbocycles. The lowest BCUT2D eigenvalue weighted by Gasteiger charge is -2.19. The van der Waals surface area contributed by atoms with Gasteiger partial charge in [0.05, 0.1) is 31.0 Å². The van der Waals surface area contributed by atoms with E-state index < -0.39 is 5.92 Å². The Morgan fingerprint density at radius 1 is 1.31 bits per heavy atom. The highest BCUT2D eigenvalue weighted by Gasteiger charge is 2.36. The molecule has 2 amide bonds. The maximum Gasteiger partial charge on any atom is 0.246 e. The van der Waals surface area contributed by atoms with Crippen LogP contribution in [0.25, 0.3) is 11.5 Å². The fourth-order valence-corrected chi connectivity index (χ4v) is 3.40. The van der Waals surface area contributed by atoms with Crippen molar-refractivity contribution in [3.8, 4) is 17.3 Å². The van der Waals surface area contributed by atoms with E-state index in [4.69, 9.17) is 9.26 Å². The Hall–Kier alpha value is -3.62. The molecule has 150 valence electrons. The molecule has 1 aliphatic heterocycles. The van der Waals surface area contributed by atoms with Crippen LogP contribution in [0.5, 0.6) is 5.75 Å². The van der Waals surface area contributed by atoms with Crippen LogP contribution in [-0.4, -0.2) is 40.2 Å². The molecule has 0 spiro atoms. The molecule has 0 aliphatic carbocycles. The highest BCUT2D eigenvalue weighted by molar-refractivity contribution is 6.01. The second-order valence-electron chi connectivity index (χ2n) is 6.81. The van der Waals surface area contributed by atoms with E-state index in [1.54, 1.807) is 24.1 Å². The number of para-hydroxylation sites is 2. The SMILES string of the molecule is COc1ccccc1N1CC(C(=O)NCc2nc(-c3cccn3C)no2)CC1=O. The van der Waals surface area contributed by atoms with Crippen LogP contribution in [0, 0.1) is 5.92 Å². The molecular formula is C20H21N5O4. The lowest BCUT2D eigenvalue weighted by molar-refractivity contribution is -0.126. The quantitative estimate of drug-likeness (QED) is 0.682. The predicted octanol–water partition coefficient (Wildman–Crippen LogP) is 1.75. The summed E-state index contributed by atoms with van der Waals surface area (Å²) in [6.07, 6.45) is 2.03. The van der Waals surface area contributed by atoms with Gasteiger partial charge in [-0.25, -0.2) is 0 Å². The maximum atomic E-state index is 12.6.